The summed E-state index contributed by atoms with van der Waals surface area (Å²) in [5.74, 6) is -2.09. The summed E-state index contributed by atoms with van der Waals surface area (Å²) in [6.45, 7) is 0.121. The third kappa shape index (κ3) is 9.99. The zero-order chi connectivity index (χ0) is 31.1. The number of piperidine rings is 1. The second-order valence-corrected chi connectivity index (χ2v) is 11.5. The Morgan fingerprint density at radius 2 is 1.74 bits per heavy atom. The highest BCUT2D eigenvalue weighted by Gasteiger charge is 2.52. The molecule has 1 unspecified atom stereocenters. The normalized spacial score (nSPS) is 20.9. The molecule has 3 aromatic rings. The van der Waals surface area contributed by atoms with Crippen molar-refractivity contribution in [2.45, 2.75) is 62.4 Å². The molecule has 0 saturated carbocycles. The molecule has 5 rings (SSSR count). The number of aromatic nitrogens is 1. The van der Waals surface area contributed by atoms with E-state index < -0.39 is 41.6 Å². The highest BCUT2D eigenvalue weighted by atomic mass is 35.5. The molecule has 3 heterocycles. The minimum absolute atomic E-state index is 0. The molecule has 4 atom stereocenters. The van der Waals surface area contributed by atoms with Gasteiger partial charge in [-0.25, -0.2) is 0 Å². The van der Waals surface area contributed by atoms with E-state index in [2.05, 4.69) is 26.3 Å². The van der Waals surface area contributed by atoms with Crippen molar-refractivity contribution in [3.8, 4) is 0 Å². The van der Waals surface area contributed by atoms with Crippen molar-refractivity contribution >= 4 is 77.4 Å². The van der Waals surface area contributed by atoms with Crippen molar-refractivity contribution < 1.29 is 24.3 Å². The molecule has 256 valence electrons. The minimum atomic E-state index is -1.53. The molecule has 2 aliphatic rings. The fourth-order valence-corrected chi connectivity index (χ4v) is 5.93. The van der Waals surface area contributed by atoms with Crippen molar-refractivity contribution in [3.05, 3.63) is 72.4 Å². The van der Waals surface area contributed by atoms with Crippen LogP contribution in [0.4, 0.5) is 5.69 Å². The molecule has 0 radical (unpaired) electrons. The van der Waals surface area contributed by atoms with E-state index in [1.807, 2.05) is 54.6 Å². The minimum Gasteiger partial charge on any atom is -0.383 e. The third-order valence-corrected chi connectivity index (χ3v) is 8.19. The first-order valence-electron chi connectivity index (χ1n) is 15.0. The first kappa shape index (κ1) is 39.7. The number of nitrogens with zero attached hydrogens (tertiary/aromatic N) is 2. The number of likely N-dealkylation sites (tertiary alicyclic amines) is 1. The monoisotopic (exact) mass is 709 g/mol. The van der Waals surface area contributed by atoms with Crippen LogP contribution in [0.25, 0.3) is 10.9 Å². The van der Waals surface area contributed by atoms with Crippen molar-refractivity contribution in [2.24, 2.45) is 5.73 Å². The highest BCUT2D eigenvalue weighted by Crippen LogP contribution is 2.29. The van der Waals surface area contributed by atoms with Crippen molar-refractivity contribution in [3.63, 3.8) is 0 Å². The van der Waals surface area contributed by atoms with Crippen LogP contribution in [0.2, 0.25) is 0 Å². The summed E-state index contributed by atoms with van der Waals surface area (Å²) in [4.78, 5) is 59.4. The molecule has 2 fully saturated rings. The maximum Gasteiger partial charge on any atom is 0.250 e. The van der Waals surface area contributed by atoms with Crippen LogP contribution in [0.1, 0.15) is 37.7 Å². The molecule has 7 N–H and O–H groups in total. The van der Waals surface area contributed by atoms with Gasteiger partial charge in [-0.05, 0) is 49.9 Å². The van der Waals surface area contributed by atoms with Crippen molar-refractivity contribution in [2.75, 3.05) is 25.0 Å². The zero-order valence-corrected chi connectivity index (χ0v) is 28.2. The number of carbonyl (C=O) groups is 4. The fraction of sp³-hybridized carbons (Fsp3) is 0.406. The number of hydrogen-bond acceptors (Lipinski definition) is 8. The molecule has 0 spiro atoms. The number of aliphatic hydroxyl groups is 1. The Bertz CT molecular complexity index is 1510. The van der Waals surface area contributed by atoms with E-state index in [0.717, 1.165) is 29.3 Å². The lowest BCUT2D eigenvalue weighted by molar-refractivity contribution is -0.139. The average molecular weight is 711 g/mol. The molecule has 4 amide bonds. The average Bonchev–Trinajstić information content (AvgIpc) is 3.42. The van der Waals surface area contributed by atoms with Gasteiger partial charge in [0, 0.05) is 11.8 Å². The number of benzene rings is 2. The Balaban J connectivity index is 0.00000256. The topological polar surface area (TPSA) is 179 Å². The summed E-state index contributed by atoms with van der Waals surface area (Å²) >= 11 is 0. The molecule has 2 aromatic carbocycles. The van der Waals surface area contributed by atoms with Crippen LogP contribution in [0.5, 0.6) is 0 Å². The lowest BCUT2D eigenvalue weighted by Crippen LogP contribution is -2.65. The number of pyridine rings is 1. The molecule has 12 nitrogen and oxygen atoms in total. The molecule has 2 aliphatic heterocycles. The van der Waals surface area contributed by atoms with Crippen molar-refractivity contribution in [1.29, 1.82) is 0 Å². The zero-order valence-electron chi connectivity index (χ0n) is 25.7. The van der Waals surface area contributed by atoms with E-state index in [1.54, 1.807) is 12.3 Å². The van der Waals surface area contributed by atoms with Crippen LogP contribution in [0.15, 0.2) is 66.9 Å². The van der Waals surface area contributed by atoms with Crippen molar-refractivity contribution in [1.82, 2.24) is 25.8 Å². The molecular formula is C32H42Cl3N7O5. The highest BCUT2D eigenvalue weighted by molar-refractivity contribution is 6.00. The number of amides is 4. The largest absolute Gasteiger partial charge is 0.383 e. The molecule has 0 bridgehead atoms. The lowest BCUT2D eigenvalue weighted by atomic mass is 10.0. The molecule has 2 saturated heterocycles. The van der Waals surface area contributed by atoms with Crippen LogP contribution >= 0.6 is 37.2 Å². The maximum atomic E-state index is 13.8. The van der Waals surface area contributed by atoms with Crippen LogP contribution in [-0.2, 0) is 25.6 Å². The molecular weight excluding hydrogens is 669 g/mol. The quantitative estimate of drug-likeness (QED) is 0.173. The van der Waals surface area contributed by atoms with E-state index in [4.69, 9.17) is 5.73 Å². The van der Waals surface area contributed by atoms with Gasteiger partial charge in [0.25, 0.3) is 5.91 Å². The van der Waals surface area contributed by atoms with Gasteiger partial charge in [0.15, 0.2) is 0 Å². The van der Waals surface area contributed by atoms with Gasteiger partial charge in [-0.2, -0.15) is 0 Å². The maximum absolute atomic E-state index is 13.8. The first-order chi connectivity index (χ1) is 21.3. The number of carbonyl (C=O) groups excluding carboxylic acids is 4. The van der Waals surface area contributed by atoms with Gasteiger partial charge in [0.05, 0.1) is 36.5 Å². The Hall–Kier alpha value is -3.52. The Morgan fingerprint density at radius 3 is 2.45 bits per heavy atom. The summed E-state index contributed by atoms with van der Waals surface area (Å²) in [5.41, 5.74) is 6.26. The summed E-state index contributed by atoms with van der Waals surface area (Å²) < 4.78 is 0. The summed E-state index contributed by atoms with van der Waals surface area (Å²) in [6, 6.07) is 17.2. The second kappa shape index (κ2) is 18.1. The van der Waals surface area contributed by atoms with E-state index in [9.17, 15) is 24.3 Å². The molecule has 1 aromatic heterocycles. The number of fused-ring (bicyclic) bond motifs is 1. The Kier molecular flexibility index (Phi) is 15.3. The summed E-state index contributed by atoms with van der Waals surface area (Å²) in [6.07, 6.45) is 3.03. The predicted molar refractivity (Wildman–Crippen MR) is 187 cm³/mol. The second-order valence-electron chi connectivity index (χ2n) is 11.5. The van der Waals surface area contributed by atoms with Gasteiger partial charge in [-0.3, -0.25) is 24.2 Å². The van der Waals surface area contributed by atoms with E-state index >= 15 is 0 Å². The lowest BCUT2D eigenvalue weighted by Gasteiger charge is -2.33. The number of hydrogen-bond donors (Lipinski definition) is 6. The number of aliphatic hydroxyl groups excluding tert-OH is 1. The van der Waals surface area contributed by atoms with Crippen LogP contribution < -0.4 is 27.0 Å². The van der Waals surface area contributed by atoms with Gasteiger partial charge >= 0.3 is 0 Å². The van der Waals surface area contributed by atoms with Crippen LogP contribution in [-0.4, -0.2) is 82.1 Å². The van der Waals surface area contributed by atoms with Gasteiger partial charge < -0.3 is 37.0 Å². The van der Waals surface area contributed by atoms with Gasteiger partial charge in [0.2, 0.25) is 17.7 Å². The summed E-state index contributed by atoms with van der Waals surface area (Å²) in [7, 11) is 0. The summed E-state index contributed by atoms with van der Waals surface area (Å²) in [5, 5.41) is 23.2. The van der Waals surface area contributed by atoms with Gasteiger partial charge in [0.1, 0.15) is 17.8 Å². The molecule has 15 heteroatoms. The number of halogens is 3. The predicted octanol–water partition coefficient (Wildman–Crippen LogP) is 2.06. The third-order valence-electron chi connectivity index (χ3n) is 8.19. The van der Waals surface area contributed by atoms with Crippen LogP contribution in [0, 0.1) is 0 Å². The molecule has 47 heavy (non-hydrogen) atoms. The number of nitrogens with two attached hydrogens (primary N) is 1. The van der Waals surface area contributed by atoms with E-state index in [1.165, 1.54) is 4.90 Å². The first-order valence-corrected chi connectivity index (χ1v) is 15.0. The fourth-order valence-electron chi connectivity index (χ4n) is 5.93. The van der Waals surface area contributed by atoms with Crippen LogP contribution in [0.3, 0.4) is 0 Å². The number of aryl methyl sites for hydroxylation is 1. The number of rotatable bonds is 10. The van der Waals surface area contributed by atoms with Gasteiger partial charge in [-0.1, -0.05) is 55.0 Å². The van der Waals surface area contributed by atoms with E-state index in [-0.39, 0.29) is 69.1 Å². The van der Waals surface area contributed by atoms with E-state index in [0.29, 0.717) is 25.1 Å². The number of nitrogens with one attached hydrogen (secondary N) is 4. The molecule has 0 aliphatic carbocycles. The Labute approximate surface area is 292 Å². The smallest absolute Gasteiger partial charge is 0.250 e. The van der Waals surface area contributed by atoms with Gasteiger partial charge in [-0.15, -0.1) is 37.2 Å². The number of para-hydroxylation sites is 1. The Morgan fingerprint density at radius 1 is 1.02 bits per heavy atom. The SMILES string of the molecule is Cl.Cl.Cl.NCC(=O)N[C@@]1(NC(=O)[C@H](O)CCc2ccccc2)C[C@@H](C(=O)Nc2cnc3ccccc3c2)N(C(=O)C2CCCCN2)C1. The number of anilines is 1. The standard InChI is InChI=1S/C32H39N7O5.3ClH/c33-18-28(41)37-32(38-30(43)27(40)14-13-21-8-2-1-3-9-21)17-26(39(20-32)31(44)25-12-6-7-15-34-25)29(42)36-23-16-22-10-4-5-11-24(22)35-19-23;;;/h1-5,8-11,16,19,25-27,34,40H,6-7,12-15,17-18,20,33H2,(H,36,42)(H,37,41)(H,38,43);3*1H/t25?,26-,27+,32+;;;/m0.../s1.